The van der Waals surface area contributed by atoms with E-state index in [4.69, 9.17) is 35.8 Å². The molecule has 11 nitrogen and oxygen atoms in total. The lowest BCUT2D eigenvalue weighted by atomic mass is 9.99. The van der Waals surface area contributed by atoms with Gasteiger partial charge in [-0.2, -0.15) is 0 Å². The van der Waals surface area contributed by atoms with Crippen LogP contribution in [0, 0.1) is 0 Å². The van der Waals surface area contributed by atoms with Crippen LogP contribution in [0.3, 0.4) is 0 Å². The van der Waals surface area contributed by atoms with Crippen molar-refractivity contribution in [2.75, 3.05) is 26.9 Å². The van der Waals surface area contributed by atoms with Crippen molar-refractivity contribution in [3.63, 3.8) is 0 Å². The maximum Gasteiger partial charge on any atom is 0.400 e. The van der Waals surface area contributed by atoms with Gasteiger partial charge in [0.1, 0.15) is 24.4 Å². The van der Waals surface area contributed by atoms with Gasteiger partial charge in [-0.15, -0.1) is 0 Å². The van der Waals surface area contributed by atoms with Gasteiger partial charge in [0.05, 0.1) is 13.2 Å². The Morgan fingerprint density at radius 1 is 1.08 bits per heavy atom. The van der Waals surface area contributed by atoms with Gasteiger partial charge < -0.3 is 40.5 Å². The number of methoxy groups -OCH3 is 1. The lowest BCUT2D eigenvalue weighted by molar-refractivity contribution is -0.287. The Hall–Kier alpha value is -0.170. The van der Waals surface area contributed by atoms with E-state index in [2.05, 4.69) is 4.52 Å². The average molecular weight is 376 g/mol. The van der Waals surface area contributed by atoms with Crippen LogP contribution in [-0.4, -0.2) is 82.9 Å². The van der Waals surface area contributed by atoms with Crippen molar-refractivity contribution < 1.29 is 43.9 Å². The Balaban J connectivity index is 0.000000449. The van der Waals surface area contributed by atoms with Crippen LogP contribution in [0.1, 0.15) is 19.3 Å². The summed E-state index contributed by atoms with van der Waals surface area (Å²) in [5.41, 5.74) is 9.94. The van der Waals surface area contributed by atoms with Crippen LogP contribution in [0.15, 0.2) is 0 Å². The molecule has 0 aromatic heterocycles. The Morgan fingerprint density at radius 3 is 2.21 bits per heavy atom. The van der Waals surface area contributed by atoms with E-state index < -0.39 is 38.5 Å². The average Bonchev–Trinajstić information content (AvgIpc) is 2.50. The molecule has 12 heteroatoms. The van der Waals surface area contributed by atoms with Crippen LogP contribution in [0.25, 0.3) is 0 Å². The van der Waals surface area contributed by atoms with Crippen molar-refractivity contribution >= 4 is 7.75 Å². The highest BCUT2D eigenvalue weighted by atomic mass is 31.2. The Bertz CT molecular complexity index is 370. The molecule has 1 aliphatic heterocycles. The third-order valence-corrected chi connectivity index (χ3v) is 3.70. The van der Waals surface area contributed by atoms with Gasteiger partial charge >= 0.3 is 7.75 Å². The lowest BCUT2D eigenvalue weighted by Gasteiger charge is -2.37. The molecule has 0 amide bonds. The van der Waals surface area contributed by atoms with Gasteiger partial charge in [0.15, 0.2) is 6.29 Å². The van der Waals surface area contributed by atoms with Crippen LogP contribution in [0.4, 0.5) is 0 Å². The van der Waals surface area contributed by atoms with Gasteiger partial charge in [0.2, 0.25) is 0 Å². The van der Waals surface area contributed by atoms with Gasteiger partial charge in [-0.1, -0.05) is 0 Å². The zero-order chi connectivity index (χ0) is 18.8. The number of aliphatic hydroxyl groups is 4. The smallest absolute Gasteiger partial charge is 0.387 e. The number of rotatable bonds is 8. The Labute approximate surface area is 140 Å². The summed E-state index contributed by atoms with van der Waals surface area (Å²) >= 11 is 0. The van der Waals surface area contributed by atoms with Crippen molar-refractivity contribution in [2.24, 2.45) is 11.2 Å². The summed E-state index contributed by atoms with van der Waals surface area (Å²) in [6.45, 7) is 0.908. The zero-order valence-corrected chi connectivity index (χ0v) is 14.5. The quantitative estimate of drug-likeness (QED) is 0.176. The Kier molecular flexibility index (Phi) is 12.1. The van der Waals surface area contributed by atoms with E-state index in [1.807, 2.05) is 0 Å². The number of unbranched alkanes of at least 4 members (excludes halogenated alkanes) is 2. The minimum atomic E-state index is -3.75. The third-order valence-electron chi connectivity index (χ3n) is 3.14. The molecular formula is C12H29N2O9P. The van der Waals surface area contributed by atoms with Gasteiger partial charge in [0.25, 0.3) is 0 Å². The normalized spacial score (nSPS) is 32.6. The highest BCUT2D eigenvalue weighted by Crippen LogP contribution is 2.31. The van der Waals surface area contributed by atoms with Gasteiger partial charge in [-0.05, 0) is 25.8 Å². The monoisotopic (exact) mass is 376 g/mol. The van der Waals surface area contributed by atoms with Gasteiger partial charge in [-0.3, -0.25) is 4.52 Å². The molecule has 0 aliphatic carbocycles. The molecule has 0 aromatic rings. The second kappa shape index (κ2) is 12.2. The molecule has 6 atom stereocenters. The molecule has 0 saturated carbocycles. The molecule has 9 N–H and O–H groups in total. The molecule has 1 heterocycles. The molecule has 1 rings (SSSR count). The Morgan fingerprint density at radius 2 is 1.71 bits per heavy atom. The van der Waals surface area contributed by atoms with E-state index in [9.17, 15) is 14.8 Å². The molecule has 24 heavy (non-hydrogen) atoms. The van der Waals surface area contributed by atoms with E-state index in [0.717, 1.165) is 19.3 Å². The summed E-state index contributed by atoms with van der Waals surface area (Å²) in [6, 6.07) is 0. The molecule has 0 aromatic carbocycles. The second-order valence-electron chi connectivity index (χ2n) is 5.24. The molecule has 1 saturated heterocycles. The summed E-state index contributed by atoms with van der Waals surface area (Å²) in [5.74, 6) is 0. The van der Waals surface area contributed by atoms with Crippen LogP contribution < -0.4 is 11.2 Å². The van der Waals surface area contributed by atoms with Gasteiger partial charge in [-0.25, -0.2) is 10.1 Å². The third kappa shape index (κ3) is 9.97. The highest BCUT2D eigenvalue weighted by Gasteiger charge is 2.42. The van der Waals surface area contributed by atoms with Crippen molar-refractivity contribution in [1.82, 2.24) is 0 Å². The first-order valence-corrected chi connectivity index (χ1v) is 9.11. The molecule has 1 aliphatic rings. The predicted octanol–water partition coefficient (Wildman–Crippen LogP) is -2.38. The predicted molar refractivity (Wildman–Crippen MR) is 83.6 cm³/mol. The largest absolute Gasteiger partial charge is 0.400 e. The minimum absolute atomic E-state index is 0.0437. The van der Waals surface area contributed by atoms with E-state index >= 15 is 0 Å². The SMILES string of the molecule is COC[C@H]1O[C@@H](O)[C@H](O)[C@@H](O)[C@H]1O.NCCCCCOP(N)(=O)O. The van der Waals surface area contributed by atoms with Crippen LogP contribution in [0.5, 0.6) is 0 Å². The van der Waals surface area contributed by atoms with Crippen LogP contribution in [-0.2, 0) is 18.6 Å². The first-order chi connectivity index (χ1) is 11.1. The van der Waals surface area contributed by atoms with Crippen LogP contribution >= 0.6 is 7.75 Å². The molecule has 146 valence electrons. The van der Waals surface area contributed by atoms with Crippen molar-refractivity contribution in [3.8, 4) is 0 Å². The molecule has 1 unspecified atom stereocenters. The first kappa shape index (κ1) is 23.8. The van der Waals surface area contributed by atoms with E-state index in [0.29, 0.717) is 6.54 Å². The molecule has 0 spiro atoms. The maximum absolute atomic E-state index is 10.3. The molecule has 0 radical (unpaired) electrons. The van der Waals surface area contributed by atoms with E-state index in [1.54, 1.807) is 0 Å². The summed E-state index contributed by atoms with van der Waals surface area (Å²) in [5, 5.41) is 36.7. The van der Waals surface area contributed by atoms with Gasteiger partial charge in [0, 0.05) is 7.11 Å². The van der Waals surface area contributed by atoms with Crippen molar-refractivity contribution in [3.05, 3.63) is 0 Å². The molecule has 1 fully saturated rings. The van der Waals surface area contributed by atoms with E-state index in [1.165, 1.54) is 7.11 Å². The molecular weight excluding hydrogens is 347 g/mol. The fourth-order valence-electron chi connectivity index (χ4n) is 1.85. The standard InChI is InChI=1S/C7H14O6.C5H15N2O3P/c1-12-2-3-4(8)5(9)6(10)7(11)13-3;6-4-2-1-3-5-10-11(7,8)9/h3-11H,2H2,1H3;1-6H2,(H3,7,8,9)/t3-,4+,5+,6-,7-;/m1./s1. The zero-order valence-electron chi connectivity index (χ0n) is 13.6. The number of hydrogen-bond acceptors (Lipinski definition) is 9. The fraction of sp³-hybridized carbons (Fsp3) is 1.00. The number of ether oxygens (including phenoxy) is 2. The topological polar surface area (TPSA) is 198 Å². The summed E-state index contributed by atoms with van der Waals surface area (Å²) < 4.78 is 24.2. The summed E-state index contributed by atoms with van der Waals surface area (Å²) in [4.78, 5) is 8.46. The minimum Gasteiger partial charge on any atom is -0.387 e. The first-order valence-electron chi connectivity index (χ1n) is 7.46. The van der Waals surface area contributed by atoms with Crippen LogP contribution in [0.2, 0.25) is 0 Å². The van der Waals surface area contributed by atoms with E-state index in [-0.39, 0.29) is 13.2 Å². The number of aliphatic hydroxyl groups excluding tert-OH is 4. The maximum atomic E-state index is 10.3. The molecule has 0 bridgehead atoms. The lowest BCUT2D eigenvalue weighted by Crippen LogP contribution is -2.58. The number of nitrogens with two attached hydrogens (primary N) is 2. The summed E-state index contributed by atoms with van der Waals surface area (Å²) in [6.07, 6.45) is -3.93. The van der Waals surface area contributed by atoms with Crippen molar-refractivity contribution in [1.29, 1.82) is 0 Å². The second-order valence-corrected chi connectivity index (χ2v) is 6.63. The number of hydrogen-bond donors (Lipinski definition) is 7. The fourth-order valence-corrected chi connectivity index (χ4v) is 2.24. The summed E-state index contributed by atoms with van der Waals surface area (Å²) in [7, 11) is -2.34. The van der Waals surface area contributed by atoms with Crippen molar-refractivity contribution in [2.45, 2.75) is 50.0 Å². The highest BCUT2D eigenvalue weighted by molar-refractivity contribution is 7.50.